The Bertz CT molecular complexity index is 1370. The molecule has 1 aliphatic heterocycles. The number of hydrogen-bond acceptors (Lipinski definition) is 7. The molecule has 0 aliphatic carbocycles. The number of likely N-dealkylation sites (N-methyl/N-ethyl adjacent to an activating group) is 1. The van der Waals surface area contributed by atoms with Gasteiger partial charge in [0.1, 0.15) is 5.02 Å². The molecule has 1 fully saturated rings. The molecule has 0 radical (unpaired) electrons. The lowest BCUT2D eigenvalue weighted by atomic mass is 10.1. The predicted molar refractivity (Wildman–Crippen MR) is 150 cm³/mol. The van der Waals surface area contributed by atoms with Crippen molar-refractivity contribution < 1.29 is 18.0 Å². The highest BCUT2D eigenvalue weighted by atomic mass is 35.5. The van der Waals surface area contributed by atoms with Crippen molar-refractivity contribution in [2.24, 2.45) is 0 Å². The van der Waals surface area contributed by atoms with Gasteiger partial charge in [0.25, 0.3) is 0 Å². The Balaban J connectivity index is 1.65. The second kappa shape index (κ2) is 11.5. The molecule has 3 aromatic rings. The van der Waals surface area contributed by atoms with E-state index in [1.165, 1.54) is 29.3 Å². The molecular weight excluding hydrogens is 531 g/mol. The van der Waals surface area contributed by atoms with Gasteiger partial charge >= 0.3 is 6.18 Å². The standard InChI is InChI=1S/C27H29ClF3N7O/c1-5-24(39)33-22-15-21(17(2)13-23(22)38-11-9-36(3)10-12-38)34-26-32-16-20(28)25(35-26)37(4)19-8-6-7-18(14-19)27(29,30)31/h5-8,13-16H,1,9-12H2,2-4H3,(H,33,39)(H,32,34,35). The van der Waals surface area contributed by atoms with Crippen LogP contribution in [0.3, 0.4) is 0 Å². The molecule has 1 aromatic heterocycles. The van der Waals surface area contributed by atoms with E-state index >= 15 is 0 Å². The number of aryl methyl sites for hydroxylation is 1. The van der Waals surface area contributed by atoms with E-state index in [9.17, 15) is 18.0 Å². The molecule has 0 spiro atoms. The fourth-order valence-electron chi connectivity index (χ4n) is 4.21. The number of nitrogens with zero attached hydrogens (tertiary/aromatic N) is 5. The van der Waals surface area contributed by atoms with E-state index in [-0.39, 0.29) is 28.4 Å². The van der Waals surface area contributed by atoms with Crippen molar-refractivity contribution in [1.82, 2.24) is 14.9 Å². The molecule has 39 heavy (non-hydrogen) atoms. The maximum absolute atomic E-state index is 13.2. The molecule has 8 nitrogen and oxygen atoms in total. The average molecular weight is 560 g/mol. The number of carbonyl (C=O) groups is 1. The quantitative estimate of drug-likeness (QED) is 0.352. The topological polar surface area (TPSA) is 76.6 Å². The Hall–Kier alpha value is -3.83. The molecule has 1 saturated heterocycles. The van der Waals surface area contributed by atoms with Gasteiger partial charge in [-0.1, -0.05) is 24.2 Å². The zero-order chi connectivity index (χ0) is 28.3. The number of alkyl halides is 3. The normalized spacial score (nSPS) is 14.2. The number of hydrogen-bond donors (Lipinski definition) is 2. The summed E-state index contributed by atoms with van der Waals surface area (Å²) in [7, 11) is 3.65. The van der Waals surface area contributed by atoms with Crippen LogP contribution in [-0.2, 0) is 11.0 Å². The molecule has 12 heteroatoms. The maximum Gasteiger partial charge on any atom is 0.416 e. The summed E-state index contributed by atoms with van der Waals surface area (Å²) in [4.78, 5) is 26.9. The Labute approximate surface area is 230 Å². The second-order valence-electron chi connectivity index (χ2n) is 9.27. The number of benzene rings is 2. The van der Waals surface area contributed by atoms with Crippen molar-refractivity contribution in [2.75, 3.05) is 60.7 Å². The van der Waals surface area contributed by atoms with Crippen LogP contribution in [0.15, 0.2) is 55.3 Å². The molecule has 0 saturated carbocycles. The lowest BCUT2D eigenvalue weighted by molar-refractivity contribution is -0.137. The summed E-state index contributed by atoms with van der Waals surface area (Å²) in [5.41, 5.74) is 2.50. The number of nitrogens with one attached hydrogen (secondary N) is 2. The van der Waals surface area contributed by atoms with Crippen LogP contribution in [-0.4, -0.2) is 61.0 Å². The summed E-state index contributed by atoms with van der Waals surface area (Å²) in [6, 6.07) is 8.69. The van der Waals surface area contributed by atoms with Crippen LogP contribution in [0.1, 0.15) is 11.1 Å². The van der Waals surface area contributed by atoms with Gasteiger partial charge in [0.2, 0.25) is 11.9 Å². The number of anilines is 6. The largest absolute Gasteiger partial charge is 0.416 e. The minimum atomic E-state index is -4.48. The van der Waals surface area contributed by atoms with Crippen LogP contribution in [0.2, 0.25) is 5.02 Å². The van der Waals surface area contributed by atoms with Crippen LogP contribution >= 0.6 is 11.6 Å². The van der Waals surface area contributed by atoms with E-state index in [0.717, 1.165) is 49.6 Å². The first-order valence-corrected chi connectivity index (χ1v) is 12.6. The van der Waals surface area contributed by atoms with Crippen LogP contribution in [0.25, 0.3) is 0 Å². The third-order valence-corrected chi connectivity index (χ3v) is 6.75. The van der Waals surface area contributed by atoms with E-state index in [4.69, 9.17) is 11.6 Å². The third kappa shape index (κ3) is 6.61. The first-order valence-electron chi connectivity index (χ1n) is 12.2. The zero-order valence-electron chi connectivity index (χ0n) is 21.8. The van der Waals surface area contributed by atoms with Gasteiger partial charge in [-0.3, -0.25) is 4.79 Å². The number of carbonyl (C=O) groups excluding carboxylic acids is 1. The van der Waals surface area contributed by atoms with Gasteiger partial charge in [0.05, 0.1) is 23.1 Å². The number of rotatable bonds is 7. The van der Waals surface area contributed by atoms with Gasteiger partial charge in [0, 0.05) is 44.6 Å². The summed E-state index contributed by atoms with van der Waals surface area (Å²) in [6.07, 6.45) is -1.89. The molecule has 206 valence electrons. The Kier molecular flexibility index (Phi) is 8.31. The van der Waals surface area contributed by atoms with Gasteiger partial charge in [-0.2, -0.15) is 18.2 Å². The van der Waals surface area contributed by atoms with E-state index in [1.807, 2.05) is 13.0 Å². The van der Waals surface area contributed by atoms with Crippen molar-refractivity contribution in [3.8, 4) is 0 Å². The van der Waals surface area contributed by atoms with E-state index in [1.54, 1.807) is 13.1 Å². The maximum atomic E-state index is 13.2. The molecule has 2 heterocycles. The van der Waals surface area contributed by atoms with Gasteiger partial charge in [0.15, 0.2) is 5.82 Å². The molecule has 1 amide bonds. The minimum absolute atomic E-state index is 0.168. The van der Waals surface area contributed by atoms with Gasteiger partial charge in [-0.25, -0.2) is 4.98 Å². The first kappa shape index (κ1) is 28.2. The number of amides is 1. The molecule has 2 aromatic carbocycles. The minimum Gasteiger partial charge on any atom is -0.367 e. The monoisotopic (exact) mass is 559 g/mol. The number of aromatic nitrogens is 2. The lowest BCUT2D eigenvalue weighted by Crippen LogP contribution is -2.44. The molecule has 4 rings (SSSR count). The van der Waals surface area contributed by atoms with Crippen molar-refractivity contribution in [1.29, 1.82) is 0 Å². The molecular formula is C27H29ClF3N7O. The molecule has 2 N–H and O–H groups in total. The highest BCUT2D eigenvalue weighted by Gasteiger charge is 2.31. The van der Waals surface area contributed by atoms with Gasteiger partial charge in [-0.15, -0.1) is 0 Å². The second-order valence-corrected chi connectivity index (χ2v) is 9.67. The van der Waals surface area contributed by atoms with Crippen molar-refractivity contribution in [3.05, 3.63) is 71.4 Å². The third-order valence-electron chi connectivity index (χ3n) is 6.48. The zero-order valence-corrected chi connectivity index (χ0v) is 22.6. The smallest absolute Gasteiger partial charge is 0.367 e. The fourth-order valence-corrected chi connectivity index (χ4v) is 4.43. The Morgan fingerprint density at radius 3 is 2.54 bits per heavy atom. The summed E-state index contributed by atoms with van der Waals surface area (Å²) >= 11 is 6.34. The SMILES string of the molecule is C=CC(=O)Nc1cc(Nc2ncc(Cl)c(N(C)c3cccc(C(F)(F)F)c3)n2)c(C)cc1N1CCN(C)CC1. The van der Waals surface area contributed by atoms with E-state index in [2.05, 4.69) is 44.0 Å². The van der Waals surface area contributed by atoms with Gasteiger partial charge in [-0.05, 0) is 55.9 Å². The van der Waals surface area contributed by atoms with E-state index < -0.39 is 11.7 Å². The molecule has 1 aliphatic rings. The lowest BCUT2D eigenvalue weighted by Gasteiger charge is -2.35. The van der Waals surface area contributed by atoms with Crippen LogP contribution in [0, 0.1) is 6.92 Å². The predicted octanol–water partition coefficient (Wildman–Crippen LogP) is 5.85. The summed E-state index contributed by atoms with van der Waals surface area (Å²) < 4.78 is 39.7. The van der Waals surface area contributed by atoms with Crippen LogP contribution in [0.4, 0.5) is 47.7 Å². The highest BCUT2D eigenvalue weighted by Crippen LogP contribution is 2.36. The Morgan fingerprint density at radius 1 is 1.15 bits per heavy atom. The van der Waals surface area contributed by atoms with Crippen LogP contribution < -0.4 is 20.4 Å². The molecule has 0 atom stereocenters. The first-order chi connectivity index (χ1) is 18.5. The van der Waals surface area contributed by atoms with Crippen molar-refractivity contribution in [2.45, 2.75) is 13.1 Å². The average Bonchev–Trinajstić information content (AvgIpc) is 2.91. The van der Waals surface area contributed by atoms with Crippen molar-refractivity contribution in [3.63, 3.8) is 0 Å². The fraction of sp³-hybridized carbons (Fsp3) is 0.296. The number of halogens is 4. The molecule has 0 unspecified atom stereocenters. The Morgan fingerprint density at radius 2 is 1.87 bits per heavy atom. The van der Waals surface area contributed by atoms with E-state index in [0.29, 0.717) is 11.4 Å². The number of piperazine rings is 1. The van der Waals surface area contributed by atoms with Crippen LogP contribution in [0.5, 0.6) is 0 Å². The highest BCUT2D eigenvalue weighted by molar-refractivity contribution is 6.33. The summed E-state index contributed by atoms with van der Waals surface area (Å²) in [6.45, 7) is 8.89. The van der Waals surface area contributed by atoms with Gasteiger partial charge < -0.3 is 25.3 Å². The van der Waals surface area contributed by atoms with Crippen molar-refractivity contribution >= 4 is 52.0 Å². The summed E-state index contributed by atoms with van der Waals surface area (Å²) in [5, 5.41) is 6.21. The summed E-state index contributed by atoms with van der Waals surface area (Å²) in [5.74, 6) is 0.0676. The molecule has 0 bridgehead atoms.